The standard InChI is InChI=1S/C15H15ClN4O2S/c1-15(2,3)13-18-19-14(21-13)23-8-11-17-12(20-22-11)9-5-4-6-10(16)7-9/h4-7H,8H2,1-3H3. The van der Waals surface area contributed by atoms with Crippen LogP contribution in [0, 0.1) is 0 Å². The summed E-state index contributed by atoms with van der Waals surface area (Å²) in [7, 11) is 0. The van der Waals surface area contributed by atoms with Gasteiger partial charge in [0.15, 0.2) is 0 Å². The van der Waals surface area contributed by atoms with E-state index in [4.69, 9.17) is 20.5 Å². The van der Waals surface area contributed by atoms with Crippen molar-refractivity contribution >= 4 is 23.4 Å². The zero-order valence-electron chi connectivity index (χ0n) is 12.9. The Labute approximate surface area is 142 Å². The molecule has 0 N–H and O–H groups in total. The van der Waals surface area contributed by atoms with Crippen molar-refractivity contribution in [2.45, 2.75) is 37.2 Å². The molecule has 0 fully saturated rings. The van der Waals surface area contributed by atoms with Gasteiger partial charge < -0.3 is 8.94 Å². The molecule has 120 valence electrons. The van der Waals surface area contributed by atoms with Gasteiger partial charge >= 0.3 is 0 Å². The van der Waals surface area contributed by atoms with E-state index in [-0.39, 0.29) is 5.41 Å². The molecule has 0 bridgehead atoms. The average Bonchev–Trinajstić information content (AvgIpc) is 3.14. The Morgan fingerprint density at radius 1 is 1.22 bits per heavy atom. The lowest BCUT2D eigenvalue weighted by Crippen LogP contribution is -2.11. The molecule has 0 spiro atoms. The molecule has 23 heavy (non-hydrogen) atoms. The predicted molar refractivity (Wildman–Crippen MR) is 87.3 cm³/mol. The summed E-state index contributed by atoms with van der Waals surface area (Å²) in [5.74, 6) is 2.05. The Morgan fingerprint density at radius 2 is 2.04 bits per heavy atom. The molecule has 6 nitrogen and oxygen atoms in total. The number of hydrogen-bond donors (Lipinski definition) is 0. The molecule has 0 saturated carbocycles. The second-order valence-corrected chi connectivity index (χ2v) is 7.30. The Hall–Kier alpha value is -1.86. The minimum absolute atomic E-state index is 0.171. The van der Waals surface area contributed by atoms with Crippen molar-refractivity contribution in [3.8, 4) is 11.4 Å². The highest BCUT2D eigenvalue weighted by molar-refractivity contribution is 7.98. The van der Waals surface area contributed by atoms with Crippen molar-refractivity contribution < 1.29 is 8.94 Å². The third-order valence-electron chi connectivity index (χ3n) is 2.92. The normalized spacial score (nSPS) is 11.8. The SMILES string of the molecule is CC(C)(C)c1nnc(SCc2nc(-c3cccc(Cl)c3)no2)o1. The van der Waals surface area contributed by atoms with E-state index in [0.29, 0.717) is 33.6 Å². The van der Waals surface area contributed by atoms with Gasteiger partial charge in [0.1, 0.15) is 0 Å². The fourth-order valence-electron chi connectivity index (χ4n) is 1.75. The van der Waals surface area contributed by atoms with Crippen LogP contribution >= 0.6 is 23.4 Å². The van der Waals surface area contributed by atoms with E-state index in [2.05, 4.69) is 20.3 Å². The van der Waals surface area contributed by atoms with Crippen LogP contribution in [-0.4, -0.2) is 20.3 Å². The second-order valence-electron chi connectivity index (χ2n) is 5.93. The van der Waals surface area contributed by atoms with Crippen LogP contribution in [0.4, 0.5) is 0 Å². The molecule has 0 unspecified atom stereocenters. The van der Waals surface area contributed by atoms with Crippen molar-refractivity contribution in [3.63, 3.8) is 0 Å². The lowest BCUT2D eigenvalue weighted by atomic mass is 9.97. The molecule has 8 heteroatoms. The number of thioether (sulfide) groups is 1. The molecule has 0 atom stereocenters. The van der Waals surface area contributed by atoms with E-state index in [0.717, 1.165) is 5.56 Å². The van der Waals surface area contributed by atoms with Gasteiger partial charge in [-0.1, -0.05) is 61.4 Å². The largest absolute Gasteiger partial charge is 0.415 e. The summed E-state index contributed by atoms with van der Waals surface area (Å²) in [4.78, 5) is 4.35. The van der Waals surface area contributed by atoms with E-state index in [1.807, 2.05) is 32.9 Å². The minimum atomic E-state index is -0.171. The predicted octanol–water partition coefficient (Wildman–Crippen LogP) is 4.36. The maximum Gasteiger partial charge on any atom is 0.277 e. The molecular weight excluding hydrogens is 336 g/mol. The van der Waals surface area contributed by atoms with Gasteiger partial charge in [0.05, 0.1) is 5.75 Å². The molecular formula is C15H15ClN4O2S. The van der Waals surface area contributed by atoms with E-state index < -0.39 is 0 Å². The zero-order chi connectivity index (χ0) is 16.4. The fourth-order valence-corrected chi connectivity index (χ4v) is 2.54. The van der Waals surface area contributed by atoms with Crippen molar-refractivity contribution in [2.24, 2.45) is 0 Å². The Kier molecular flexibility index (Phi) is 4.41. The Bertz CT molecular complexity index is 810. The van der Waals surface area contributed by atoms with Gasteiger partial charge in [0.25, 0.3) is 5.22 Å². The van der Waals surface area contributed by atoms with Crippen LogP contribution < -0.4 is 0 Å². The smallest absolute Gasteiger partial charge is 0.277 e. The second kappa shape index (κ2) is 6.33. The molecule has 1 aromatic carbocycles. The van der Waals surface area contributed by atoms with Crippen LogP contribution in [-0.2, 0) is 11.2 Å². The van der Waals surface area contributed by atoms with Gasteiger partial charge in [-0.3, -0.25) is 0 Å². The fraction of sp³-hybridized carbons (Fsp3) is 0.333. The summed E-state index contributed by atoms with van der Waals surface area (Å²) >= 11 is 7.32. The van der Waals surface area contributed by atoms with Crippen molar-refractivity contribution in [2.75, 3.05) is 0 Å². The molecule has 0 saturated heterocycles. The van der Waals surface area contributed by atoms with Gasteiger partial charge in [-0.25, -0.2) is 0 Å². The third-order valence-corrected chi connectivity index (χ3v) is 3.96. The van der Waals surface area contributed by atoms with Gasteiger partial charge in [-0.05, 0) is 12.1 Å². The van der Waals surface area contributed by atoms with Crippen LogP contribution in [0.15, 0.2) is 38.4 Å². The number of rotatable bonds is 4. The first-order valence-corrected chi connectivity index (χ1v) is 8.33. The van der Waals surface area contributed by atoms with Gasteiger partial charge in [0, 0.05) is 16.0 Å². The van der Waals surface area contributed by atoms with E-state index in [1.165, 1.54) is 11.8 Å². The van der Waals surface area contributed by atoms with E-state index >= 15 is 0 Å². The lowest BCUT2D eigenvalue weighted by Gasteiger charge is -2.10. The maximum atomic E-state index is 5.96. The zero-order valence-corrected chi connectivity index (χ0v) is 14.5. The first-order chi connectivity index (χ1) is 10.9. The van der Waals surface area contributed by atoms with Crippen molar-refractivity contribution in [1.82, 2.24) is 20.3 Å². The number of aromatic nitrogens is 4. The summed E-state index contributed by atoms with van der Waals surface area (Å²) < 4.78 is 10.9. The van der Waals surface area contributed by atoms with Gasteiger partial charge in [0.2, 0.25) is 17.6 Å². The lowest BCUT2D eigenvalue weighted by molar-refractivity contribution is 0.346. The van der Waals surface area contributed by atoms with Crippen LogP contribution in [0.1, 0.15) is 32.6 Å². The summed E-state index contributed by atoms with van der Waals surface area (Å²) in [5, 5.41) is 13.1. The minimum Gasteiger partial charge on any atom is -0.415 e. The van der Waals surface area contributed by atoms with Crippen LogP contribution in [0.2, 0.25) is 5.02 Å². The highest BCUT2D eigenvalue weighted by Crippen LogP contribution is 2.27. The average molecular weight is 351 g/mol. The Balaban J connectivity index is 1.67. The Morgan fingerprint density at radius 3 is 2.74 bits per heavy atom. The molecule has 3 aromatic rings. The summed E-state index contributed by atoms with van der Waals surface area (Å²) in [6.45, 7) is 6.05. The molecule has 2 heterocycles. The van der Waals surface area contributed by atoms with E-state index in [9.17, 15) is 0 Å². The molecule has 0 aliphatic carbocycles. The highest BCUT2D eigenvalue weighted by Gasteiger charge is 2.22. The maximum absolute atomic E-state index is 5.96. The molecule has 0 aliphatic rings. The quantitative estimate of drug-likeness (QED) is 0.646. The molecule has 0 amide bonds. The third kappa shape index (κ3) is 3.92. The summed E-state index contributed by atoms with van der Waals surface area (Å²) in [6.07, 6.45) is 0. The first-order valence-electron chi connectivity index (χ1n) is 6.97. The van der Waals surface area contributed by atoms with Crippen molar-refractivity contribution in [3.05, 3.63) is 41.1 Å². The number of nitrogens with zero attached hydrogens (tertiary/aromatic N) is 4. The number of benzene rings is 1. The molecule has 3 rings (SSSR count). The van der Waals surface area contributed by atoms with Crippen LogP contribution in [0.3, 0.4) is 0 Å². The highest BCUT2D eigenvalue weighted by atomic mass is 35.5. The van der Waals surface area contributed by atoms with E-state index in [1.54, 1.807) is 12.1 Å². The first kappa shape index (κ1) is 16.0. The number of hydrogen-bond acceptors (Lipinski definition) is 7. The van der Waals surface area contributed by atoms with Crippen molar-refractivity contribution in [1.29, 1.82) is 0 Å². The van der Waals surface area contributed by atoms with Crippen LogP contribution in [0.5, 0.6) is 0 Å². The van der Waals surface area contributed by atoms with Gasteiger partial charge in [-0.15, -0.1) is 10.2 Å². The molecule has 0 radical (unpaired) electrons. The van der Waals surface area contributed by atoms with Gasteiger partial charge in [-0.2, -0.15) is 4.98 Å². The van der Waals surface area contributed by atoms with Crippen LogP contribution in [0.25, 0.3) is 11.4 Å². The molecule has 0 aliphatic heterocycles. The number of halogens is 1. The molecule has 2 aromatic heterocycles. The monoisotopic (exact) mass is 350 g/mol. The topological polar surface area (TPSA) is 77.8 Å². The summed E-state index contributed by atoms with van der Waals surface area (Å²) in [6, 6.07) is 7.30. The summed E-state index contributed by atoms with van der Waals surface area (Å²) in [5.41, 5.74) is 0.640.